The number of sulfonamides is 1. The molecule has 1 spiro atoms. The molecule has 0 radical (unpaired) electrons. The third-order valence-electron chi connectivity index (χ3n) is 13.2. The zero-order valence-electron chi connectivity index (χ0n) is 29.6. The van der Waals surface area contributed by atoms with Crippen molar-refractivity contribution in [3.63, 3.8) is 0 Å². The minimum Gasteiger partial charge on any atom is -0.395 e. The fourth-order valence-electron chi connectivity index (χ4n) is 9.87. The van der Waals surface area contributed by atoms with Crippen LogP contribution in [0.3, 0.4) is 0 Å². The lowest BCUT2D eigenvalue weighted by Gasteiger charge is -2.52. The first-order chi connectivity index (χ1) is 23.9. The Balaban J connectivity index is 1.29. The average Bonchev–Trinajstić information content (AvgIpc) is 3.22. The maximum Gasteiger partial charge on any atom is 0.264 e. The number of benzene rings is 2. The number of hydrogen-bond donors (Lipinski definition) is 3. The first-order valence-corrected chi connectivity index (χ1v) is 20.7. The highest BCUT2D eigenvalue weighted by atomic mass is 35.5. The van der Waals surface area contributed by atoms with Gasteiger partial charge in [-0.25, -0.2) is 13.1 Å². The number of aliphatic hydroxyl groups is 2. The smallest absolute Gasteiger partial charge is 0.264 e. The molecule has 2 bridgehead atoms. The van der Waals surface area contributed by atoms with Crippen molar-refractivity contribution >= 4 is 33.2 Å². The Labute approximate surface area is 302 Å². The highest BCUT2D eigenvalue weighted by Gasteiger charge is 2.50. The minimum atomic E-state index is -3.94. The van der Waals surface area contributed by atoms with Crippen molar-refractivity contribution in [1.29, 1.82) is 0 Å². The molecule has 1 saturated heterocycles. The number of nitrogens with zero attached hydrogens (tertiary/aromatic N) is 2. The van der Waals surface area contributed by atoms with Crippen molar-refractivity contribution in [3.8, 4) is 0 Å². The summed E-state index contributed by atoms with van der Waals surface area (Å²) in [6.45, 7) is 7.22. The van der Waals surface area contributed by atoms with E-state index in [1.165, 1.54) is 11.1 Å². The van der Waals surface area contributed by atoms with Crippen LogP contribution in [-0.2, 0) is 33.0 Å². The maximum absolute atomic E-state index is 13.6. The number of carbonyl (C=O) groups is 1. The summed E-state index contributed by atoms with van der Waals surface area (Å²) >= 11 is 6.49. The number of nitrogens with one attached hydrogen (secondary N) is 1. The molecule has 2 fully saturated rings. The molecule has 1 amide bonds. The van der Waals surface area contributed by atoms with Crippen LogP contribution in [0.15, 0.2) is 36.4 Å². The van der Waals surface area contributed by atoms with Crippen LogP contribution in [0.2, 0.25) is 5.02 Å². The largest absolute Gasteiger partial charge is 0.395 e. The molecule has 2 aromatic rings. The fraction of sp³-hybridized carbons (Fsp3) is 0.667. The van der Waals surface area contributed by atoms with E-state index in [2.05, 4.69) is 26.7 Å². The summed E-state index contributed by atoms with van der Waals surface area (Å²) in [4.78, 5) is 18.3. The zero-order valence-corrected chi connectivity index (χ0v) is 31.2. The topological polar surface area (TPSA) is 119 Å². The van der Waals surface area contributed by atoms with Crippen LogP contribution >= 0.6 is 11.6 Å². The number of anilines is 1. The van der Waals surface area contributed by atoms with Crippen molar-refractivity contribution in [2.45, 2.75) is 100 Å². The van der Waals surface area contributed by atoms with Crippen molar-refractivity contribution in [3.05, 3.63) is 63.7 Å². The lowest BCUT2D eigenvalue weighted by atomic mass is 9.62. The Morgan fingerprint density at radius 3 is 2.64 bits per heavy atom. The predicted octanol–water partition coefficient (Wildman–Crippen LogP) is 5.09. The number of hydrogen-bond acceptors (Lipinski definition) is 8. The van der Waals surface area contributed by atoms with Gasteiger partial charge in [0, 0.05) is 47.9 Å². The first kappa shape index (κ1) is 36.2. The highest BCUT2D eigenvalue weighted by Crippen LogP contribution is 2.49. The molecule has 7 atom stereocenters. The SMILES string of the molecule is C[C@@H]1[C@@H](C)CCC[C@@](O)(CN2CCOC[C@H]2CO)[C@@H]2CC[C@H]2CN2C[C@@]3(CCCc4cc(Cl)ccc43)CCc3ccc(cc32)C(=O)NS1(=O)=O. The van der Waals surface area contributed by atoms with Crippen molar-refractivity contribution in [2.75, 3.05) is 50.9 Å². The number of aliphatic hydroxyl groups excluding tert-OH is 1. The van der Waals surface area contributed by atoms with E-state index in [0.29, 0.717) is 51.1 Å². The Morgan fingerprint density at radius 2 is 1.86 bits per heavy atom. The number of carbonyl (C=O) groups excluding carboxylic acids is 1. The molecule has 3 heterocycles. The van der Waals surface area contributed by atoms with E-state index < -0.39 is 26.8 Å². The predicted molar refractivity (Wildman–Crippen MR) is 196 cm³/mol. The number of halogens is 1. The average molecular weight is 728 g/mol. The lowest BCUT2D eigenvalue weighted by Crippen LogP contribution is -2.60. The van der Waals surface area contributed by atoms with Crippen molar-refractivity contribution in [1.82, 2.24) is 9.62 Å². The van der Waals surface area contributed by atoms with Gasteiger partial charge in [-0.2, -0.15) is 0 Å². The van der Waals surface area contributed by atoms with Gasteiger partial charge in [-0.15, -0.1) is 0 Å². The summed E-state index contributed by atoms with van der Waals surface area (Å²) in [6, 6.07) is 11.9. The molecule has 3 N–H and O–H groups in total. The molecule has 9 nitrogen and oxygen atoms in total. The number of rotatable bonds is 3. The van der Waals surface area contributed by atoms with Crippen LogP contribution < -0.4 is 9.62 Å². The zero-order chi connectivity index (χ0) is 35.3. The third kappa shape index (κ3) is 6.97. The summed E-state index contributed by atoms with van der Waals surface area (Å²) in [5.74, 6) is -0.502. The summed E-state index contributed by atoms with van der Waals surface area (Å²) in [6.07, 6.45) is 8.72. The second-order valence-corrected chi connectivity index (χ2v) is 18.6. The molecule has 0 aromatic heterocycles. The van der Waals surface area contributed by atoms with Crippen LogP contribution in [0.4, 0.5) is 5.69 Å². The summed E-state index contributed by atoms with van der Waals surface area (Å²) in [5.41, 5.74) is 4.10. The van der Waals surface area contributed by atoms with Gasteiger partial charge in [0.2, 0.25) is 10.0 Å². The summed E-state index contributed by atoms with van der Waals surface area (Å²) in [5, 5.41) is 22.9. The number of morpholine rings is 1. The molecule has 7 rings (SSSR count). The quantitative estimate of drug-likeness (QED) is 0.401. The first-order valence-electron chi connectivity index (χ1n) is 18.8. The molecule has 0 unspecified atom stereocenters. The van der Waals surface area contributed by atoms with Gasteiger partial charge < -0.3 is 19.8 Å². The molecule has 11 heteroatoms. The van der Waals surface area contributed by atoms with E-state index >= 15 is 0 Å². The van der Waals surface area contributed by atoms with Gasteiger partial charge in [0.1, 0.15) is 0 Å². The Hall–Kier alpha value is -2.21. The highest BCUT2D eigenvalue weighted by molar-refractivity contribution is 7.90. The lowest BCUT2D eigenvalue weighted by molar-refractivity contribution is -0.129. The normalized spacial score (nSPS) is 34.9. The molecule has 1 saturated carbocycles. The van der Waals surface area contributed by atoms with E-state index in [-0.39, 0.29) is 35.8 Å². The molecular weight excluding hydrogens is 674 g/mol. The number of ether oxygens (including phenoxy) is 1. The Bertz CT molecular complexity index is 1690. The maximum atomic E-state index is 13.6. The van der Waals surface area contributed by atoms with Gasteiger partial charge >= 0.3 is 0 Å². The number of β-amino-alcohol motifs (C(OH)–C–C–N with tert-alkyl or cyclic N) is 1. The summed E-state index contributed by atoms with van der Waals surface area (Å²) in [7, 11) is -3.94. The Morgan fingerprint density at radius 1 is 1.02 bits per heavy atom. The van der Waals surface area contributed by atoms with E-state index in [0.717, 1.165) is 74.3 Å². The molecule has 50 heavy (non-hydrogen) atoms. The molecule has 2 aromatic carbocycles. The van der Waals surface area contributed by atoms with Crippen molar-refractivity contribution < 1.29 is 28.2 Å². The number of amides is 1. The van der Waals surface area contributed by atoms with E-state index in [4.69, 9.17) is 16.3 Å². The molecule has 274 valence electrons. The summed E-state index contributed by atoms with van der Waals surface area (Å²) < 4.78 is 35.1. The number of fused-ring (bicyclic) bond motifs is 4. The standard InChI is InChI=1S/C39H54ClN3O6S/c1-26-5-3-15-39(46,25-42-17-18-49-23-33(42)22-44)35-11-9-31(35)21-43-24-38(14-4-6-29-19-32(40)10-12-34(29)38)16-13-28-7-8-30(20-36(28)43)37(45)41-50(47,48)27(26)2/h7-8,10,12,19-20,26-27,31,33,35,44,46H,3-6,9,11,13-18,21-25H2,1-2H3,(H,41,45)/t26-,27+,31-,33+,35+,38+,39+/m0/s1. The van der Waals surface area contributed by atoms with Crippen molar-refractivity contribution in [2.24, 2.45) is 17.8 Å². The van der Waals surface area contributed by atoms with E-state index in [9.17, 15) is 23.4 Å². The second kappa shape index (κ2) is 14.3. The van der Waals surface area contributed by atoms with Crippen LogP contribution in [0.25, 0.3) is 0 Å². The van der Waals surface area contributed by atoms with Crippen LogP contribution in [0.1, 0.15) is 92.3 Å². The fourth-order valence-corrected chi connectivity index (χ4v) is 11.4. The molecule has 5 aliphatic rings. The molecule has 3 aliphatic heterocycles. The van der Waals surface area contributed by atoms with Gasteiger partial charge in [-0.05, 0) is 123 Å². The monoisotopic (exact) mass is 727 g/mol. The van der Waals surface area contributed by atoms with Gasteiger partial charge in [-0.3, -0.25) is 9.69 Å². The molecule has 2 aliphatic carbocycles. The van der Waals surface area contributed by atoms with Gasteiger partial charge in [0.05, 0.1) is 36.7 Å². The van der Waals surface area contributed by atoms with Gasteiger partial charge in [0.15, 0.2) is 0 Å². The third-order valence-corrected chi connectivity index (χ3v) is 15.3. The second-order valence-electron chi connectivity index (χ2n) is 16.1. The minimum absolute atomic E-state index is 0.0238. The number of aryl methyl sites for hydroxylation is 2. The van der Waals surface area contributed by atoms with E-state index in [1.54, 1.807) is 13.0 Å². The van der Waals surface area contributed by atoms with E-state index in [1.807, 2.05) is 25.1 Å². The van der Waals surface area contributed by atoms with Crippen LogP contribution in [0.5, 0.6) is 0 Å². The Kier molecular flexibility index (Phi) is 10.4. The van der Waals surface area contributed by atoms with Gasteiger partial charge in [0.25, 0.3) is 5.91 Å². The molecular formula is C39H54ClN3O6S. The van der Waals surface area contributed by atoms with Crippen LogP contribution in [0, 0.1) is 17.8 Å². The van der Waals surface area contributed by atoms with Gasteiger partial charge in [-0.1, -0.05) is 37.1 Å². The van der Waals surface area contributed by atoms with Crippen LogP contribution in [-0.4, -0.2) is 92.3 Å².